The molecule has 0 spiro atoms. The summed E-state index contributed by atoms with van der Waals surface area (Å²) in [5, 5.41) is 19.8. The van der Waals surface area contributed by atoms with Gasteiger partial charge in [0.25, 0.3) is 5.69 Å². The van der Waals surface area contributed by atoms with Crippen LogP contribution in [0.25, 0.3) is 4.85 Å². The molecule has 1 aromatic heterocycles. The fourth-order valence-corrected chi connectivity index (χ4v) is 5.20. The van der Waals surface area contributed by atoms with Crippen LogP contribution in [-0.2, 0) is 16.8 Å². The lowest BCUT2D eigenvalue weighted by Crippen LogP contribution is -2.48. The lowest BCUT2D eigenvalue weighted by atomic mass is 9.79. The number of aromatic nitrogens is 2. The Bertz CT molecular complexity index is 1200. The topological polar surface area (TPSA) is 91.3 Å². The highest BCUT2D eigenvalue weighted by molar-refractivity contribution is 7.13. The van der Waals surface area contributed by atoms with Crippen molar-refractivity contribution in [1.29, 1.82) is 0 Å². The Morgan fingerprint density at radius 3 is 2.58 bits per heavy atom. The number of carbonyl (C=O) groups is 1. The van der Waals surface area contributed by atoms with Crippen LogP contribution in [0.2, 0.25) is 0 Å². The second-order valence-electron chi connectivity index (χ2n) is 11.0. The monoisotopic (exact) mass is 510 g/mol. The minimum atomic E-state index is -0.317. The quantitative estimate of drug-likeness (QED) is 0.249. The first kappa shape index (κ1) is 27.8. The van der Waals surface area contributed by atoms with Crippen LogP contribution in [0.5, 0.6) is 0 Å². The molecule has 0 radical (unpaired) electrons. The van der Waals surface area contributed by atoms with Gasteiger partial charge in [-0.1, -0.05) is 37.1 Å². The molecule has 2 heterocycles. The number of nitrogens with one attached hydrogen (secondary N) is 2. The van der Waals surface area contributed by atoms with Gasteiger partial charge in [0.2, 0.25) is 5.91 Å². The van der Waals surface area contributed by atoms with E-state index in [0.29, 0.717) is 47.6 Å². The van der Waals surface area contributed by atoms with E-state index in [1.807, 2.05) is 32.9 Å². The maximum absolute atomic E-state index is 12.1. The van der Waals surface area contributed by atoms with Crippen LogP contribution in [0.4, 0.5) is 28.6 Å². The average Bonchev–Trinajstić information content (AvgIpc) is 3.13. The Balaban J connectivity index is 2.18. The molecule has 0 saturated heterocycles. The zero-order chi connectivity index (χ0) is 26.8. The van der Waals surface area contributed by atoms with Gasteiger partial charge in [-0.2, -0.15) is 5.10 Å². The third-order valence-electron chi connectivity index (χ3n) is 6.57. The molecule has 10 heteroatoms. The summed E-state index contributed by atoms with van der Waals surface area (Å²) in [6.07, 6.45) is 1.01. The van der Waals surface area contributed by atoms with Crippen molar-refractivity contribution in [2.24, 2.45) is 10.2 Å². The van der Waals surface area contributed by atoms with Gasteiger partial charge in [-0.05, 0) is 56.2 Å². The second kappa shape index (κ2) is 10.7. The largest absolute Gasteiger partial charge is 0.366 e. The first-order valence-electron chi connectivity index (χ1n) is 12.4. The lowest BCUT2D eigenvalue weighted by molar-refractivity contribution is -0.114. The van der Waals surface area contributed by atoms with Gasteiger partial charge in [0, 0.05) is 31.2 Å². The van der Waals surface area contributed by atoms with Crippen molar-refractivity contribution < 1.29 is 4.79 Å². The van der Waals surface area contributed by atoms with Gasteiger partial charge in [0.15, 0.2) is 5.82 Å². The zero-order valence-electron chi connectivity index (χ0n) is 22.7. The molecule has 194 valence electrons. The Morgan fingerprint density at radius 1 is 1.33 bits per heavy atom. The van der Waals surface area contributed by atoms with Crippen LogP contribution in [-0.4, -0.2) is 34.3 Å². The van der Waals surface area contributed by atoms with Crippen molar-refractivity contribution >= 4 is 43.9 Å². The normalized spacial score (nSPS) is 17.2. The van der Waals surface area contributed by atoms with Gasteiger partial charge in [0.05, 0.1) is 24.5 Å². The molecule has 9 nitrogen and oxygen atoms in total. The summed E-state index contributed by atoms with van der Waals surface area (Å²) in [6, 6.07) is 4.04. The Hall–Kier alpha value is -2.82. The van der Waals surface area contributed by atoms with E-state index < -0.39 is 0 Å². The molecular formula is C26H39N8OP. The van der Waals surface area contributed by atoms with E-state index >= 15 is 0 Å². The van der Waals surface area contributed by atoms with Crippen LogP contribution < -0.4 is 15.3 Å². The molecule has 1 aliphatic heterocycles. The molecule has 2 unspecified atom stereocenters. The number of rotatable bonds is 7. The summed E-state index contributed by atoms with van der Waals surface area (Å²) in [5.74, 6) is 0.570. The number of hydrogen-bond acceptors (Lipinski definition) is 6. The fourth-order valence-electron chi connectivity index (χ4n) is 5.07. The van der Waals surface area contributed by atoms with Crippen molar-refractivity contribution in [2.45, 2.75) is 85.2 Å². The molecule has 2 N–H and O–H groups in total. The van der Waals surface area contributed by atoms with Gasteiger partial charge in [-0.3, -0.25) is 14.6 Å². The van der Waals surface area contributed by atoms with Gasteiger partial charge in [-0.15, -0.1) is 10.2 Å². The standard InChI is InChI=1S/C26H39N8OP/c1-10-33-21-14-19(29-17(3)35)20(13-18(21)16(2)15-26(33,7)8)30-31-24-22(27-9)23(25(4,5)6)32-34(24)12-11-28-36/h13-14,16,28H,10-12,15,36H2,1-8H3,(H,29,35)/b31-30+. The molecule has 0 bridgehead atoms. The molecule has 0 saturated carbocycles. The SMILES string of the molecule is [C-]#[N+]c1c(C(C)(C)C)nn(CCNP)c1/N=N/c1cc2c(cc1NC(C)=O)N(CC)C(C)(C)CC2C. The van der Waals surface area contributed by atoms with Crippen LogP contribution in [0.15, 0.2) is 22.4 Å². The van der Waals surface area contributed by atoms with Crippen LogP contribution in [0.3, 0.4) is 0 Å². The molecule has 2 aromatic rings. The Kier molecular flexibility index (Phi) is 8.22. The number of azo groups is 1. The number of carbonyl (C=O) groups excluding carboxylic acids is 1. The van der Waals surface area contributed by atoms with E-state index in [1.165, 1.54) is 12.5 Å². The van der Waals surface area contributed by atoms with E-state index in [1.54, 1.807) is 4.68 Å². The van der Waals surface area contributed by atoms with Crippen molar-refractivity contribution in [3.8, 4) is 0 Å². The van der Waals surface area contributed by atoms with Gasteiger partial charge >= 0.3 is 0 Å². The van der Waals surface area contributed by atoms with Crippen molar-refractivity contribution in [1.82, 2.24) is 14.9 Å². The van der Waals surface area contributed by atoms with E-state index in [4.69, 9.17) is 11.7 Å². The highest BCUT2D eigenvalue weighted by Gasteiger charge is 2.36. The number of fused-ring (bicyclic) bond motifs is 1. The zero-order valence-corrected chi connectivity index (χ0v) is 23.9. The van der Waals surface area contributed by atoms with Crippen molar-refractivity contribution in [2.75, 3.05) is 23.3 Å². The van der Waals surface area contributed by atoms with E-state index in [-0.39, 0.29) is 16.9 Å². The van der Waals surface area contributed by atoms with Gasteiger partial charge < -0.3 is 10.2 Å². The minimum Gasteiger partial charge on any atom is -0.366 e. The maximum atomic E-state index is 12.1. The summed E-state index contributed by atoms with van der Waals surface area (Å²) in [6.45, 7) is 26.3. The molecule has 1 aliphatic rings. The summed E-state index contributed by atoms with van der Waals surface area (Å²) in [4.78, 5) is 18.2. The Labute approximate surface area is 217 Å². The molecule has 0 fully saturated rings. The van der Waals surface area contributed by atoms with Gasteiger partial charge in [-0.25, -0.2) is 4.85 Å². The molecule has 1 aromatic carbocycles. The average molecular weight is 511 g/mol. The third-order valence-corrected chi connectivity index (χ3v) is 6.86. The number of hydrogen-bond donors (Lipinski definition) is 2. The lowest BCUT2D eigenvalue weighted by Gasteiger charge is -2.47. The summed E-state index contributed by atoms with van der Waals surface area (Å²) in [5.41, 5.74) is 4.24. The predicted octanol–water partition coefficient (Wildman–Crippen LogP) is 6.60. The molecule has 0 aliphatic carbocycles. The van der Waals surface area contributed by atoms with E-state index in [0.717, 1.165) is 18.7 Å². The number of nitrogens with zero attached hydrogens (tertiary/aromatic N) is 6. The summed E-state index contributed by atoms with van der Waals surface area (Å²) >= 11 is 0. The first-order valence-corrected chi connectivity index (χ1v) is 13.0. The summed E-state index contributed by atoms with van der Waals surface area (Å²) in [7, 11) is 2.48. The maximum Gasteiger partial charge on any atom is 0.255 e. The third kappa shape index (κ3) is 5.61. The smallest absolute Gasteiger partial charge is 0.255 e. The second-order valence-corrected chi connectivity index (χ2v) is 11.4. The van der Waals surface area contributed by atoms with Crippen molar-refractivity contribution in [3.63, 3.8) is 0 Å². The predicted molar refractivity (Wildman–Crippen MR) is 150 cm³/mol. The van der Waals surface area contributed by atoms with E-state index in [2.05, 4.69) is 67.5 Å². The summed E-state index contributed by atoms with van der Waals surface area (Å²) < 4.78 is 1.73. The van der Waals surface area contributed by atoms with Crippen molar-refractivity contribution in [3.05, 3.63) is 34.8 Å². The minimum absolute atomic E-state index is 0.00365. The Morgan fingerprint density at radius 2 is 2.03 bits per heavy atom. The first-order chi connectivity index (χ1) is 16.8. The molecule has 3 rings (SSSR count). The van der Waals surface area contributed by atoms with Crippen LogP contribution in [0.1, 0.15) is 79.0 Å². The van der Waals surface area contributed by atoms with Crippen LogP contribution >= 0.6 is 9.39 Å². The molecule has 1 amide bonds. The number of amides is 1. The number of benzene rings is 1. The fraction of sp³-hybridized carbons (Fsp3) is 0.577. The molecular weight excluding hydrogens is 471 g/mol. The number of anilines is 2. The molecule has 36 heavy (non-hydrogen) atoms. The van der Waals surface area contributed by atoms with Crippen LogP contribution in [0, 0.1) is 6.57 Å². The van der Waals surface area contributed by atoms with Gasteiger partial charge in [0.1, 0.15) is 5.69 Å². The highest BCUT2D eigenvalue weighted by atomic mass is 31.0. The van der Waals surface area contributed by atoms with E-state index in [9.17, 15) is 4.79 Å². The molecule has 2 atom stereocenters. The highest BCUT2D eigenvalue weighted by Crippen LogP contribution is 2.47.